The molecule has 0 unspecified atom stereocenters. The summed E-state index contributed by atoms with van der Waals surface area (Å²) in [4.78, 5) is 22.5. The molecule has 1 aliphatic heterocycles. The van der Waals surface area contributed by atoms with Crippen molar-refractivity contribution in [1.29, 1.82) is 0 Å². The molecule has 7 aromatic heterocycles. The molecule has 0 spiro atoms. The van der Waals surface area contributed by atoms with E-state index in [1.165, 1.54) is 58.6 Å². The summed E-state index contributed by atoms with van der Waals surface area (Å²) in [7, 11) is -0.522. The van der Waals surface area contributed by atoms with Crippen molar-refractivity contribution < 1.29 is 14.1 Å². The Balaban J connectivity index is 0.000000107. The predicted molar refractivity (Wildman–Crippen MR) is 467 cm³/mol. The van der Waals surface area contributed by atoms with Crippen molar-refractivity contribution in [3.63, 3.8) is 0 Å². The molecule has 8 heterocycles. The summed E-state index contributed by atoms with van der Waals surface area (Å²) in [6, 6.07) is 77.7. The van der Waals surface area contributed by atoms with Crippen LogP contribution in [-0.2, 0) is 9.31 Å². The Bertz CT molecular complexity index is 6600. The van der Waals surface area contributed by atoms with Crippen LogP contribution in [-0.4, -0.2) is 77.9 Å². The summed E-state index contributed by atoms with van der Waals surface area (Å²) in [5.41, 5.74) is 26.8. The van der Waals surface area contributed by atoms with Crippen molar-refractivity contribution in [2.45, 2.75) is 38.9 Å². The number of aromatic nitrogens is 12. The standard InChI is InChI=1S/C25H22BN3O2S.C19H12BrN3OS.C19H10BrN3S.C12H8BrN3S.C6H2Br2N2S/c1-24(2)25(3,4)31-26(30-24)18-14-17-20(23-22(18)28-32-29-23)16-12-8-9-13-19(16)27-21(17)15-10-6-5-7-11-15;20-15-11-10-14(17-18(15)23-25-22-17)13-8-4-5-9-16(13)21-19(24)12-6-2-1-3-7-12;20-14-10-13-16(19-18(14)22-24-23-19)12-8-4-5-9-15(12)21-17(13)11-6-2-1-3-7-11;13-9-6-5-8(11-12(9)16-17-15-11)7-3-1-2-4-10(7)14;7-3-1-2-4(8)6-5(3)9-11-10-6/h5-14H,1-4H3;1-11H,(H,21,24);1-10H;1-6H,14H2;1-2H. The molecule has 28 heteroatoms. The van der Waals surface area contributed by atoms with Crippen molar-refractivity contribution in [2.75, 3.05) is 11.1 Å². The van der Waals surface area contributed by atoms with Gasteiger partial charge in [0, 0.05) is 110 Å². The number of halogens is 5. The average molecular weight is 1840 g/mol. The molecule has 1 saturated heterocycles. The molecule has 0 bridgehead atoms. The van der Waals surface area contributed by atoms with Crippen LogP contribution in [0.5, 0.6) is 0 Å². The first-order valence-corrected chi connectivity index (χ1v) is 41.4. The summed E-state index contributed by atoms with van der Waals surface area (Å²) in [6.45, 7) is 8.26. The fraction of sp³-hybridized carbons (Fsp3) is 0.0741. The molecule has 12 aromatic carbocycles. The predicted octanol–water partition coefficient (Wildman–Crippen LogP) is 23.5. The molecule has 19 aromatic rings. The van der Waals surface area contributed by atoms with Crippen LogP contribution >= 0.6 is 138 Å². The van der Waals surface area contributed by atoms with Gasteiger partial charge in [-0.25, -0.2) is 9.97 Å². The first-order valence-electron chi connectivity index (χ1n) is 33.7. The molecule has 0 saturated carbocycles. The normalized spacial score (nSPS) is 12.9. The van der Waals surface area contributed by atoms with E-state index in [4.69, 9.17) is 29.4 Å². The SMILES string of the molecule is Brc1cc2c(-c3ccccc3)nc3ccccc3c2c2nsnc12.Brc1ccc(Br)c2nsnc12.CC1(C)OB(c2cc3c(-c4ccccc4)nc4ccccc4c3c3nsnc23)OC1(C)C.Nc1ccccc1-c1ccc(Br)c2nsnc12.O=C(Nc1ccccc1-c1ccc(Br)c2nsnc12)c1ccccc1. The van der Waals surface area contributed by atoms with E-state index in [1.54, 1.807) is 12.1 Å². The fourth-order valence-corrected chi connectivity index (χ4v) is 18.4. The number of carbonyl (C=O) groups is 1. The van der Waals surface area contributed by atoms with Gasteiger partial charge < -0.3 is 20.4 Å². The molecule has 534 valence electrons. The van der Waals surface area contributed by atoms with Gasteiger partial charge in [-0.05, 0) is 174 Å². The largest absolute Gasteiger partial charge is 0.497 e. The molecule has 20 rings (SSSR count). The molecule has 3 N–H and O–H groups in total. The molecule has 1 amide bonds. The number of pyridine rings is 2. The van der Waals surface area contributed by atoms with Crippen molar-refractivity contribution in [2.24, 2.45) is 0 Å². The third-order valence-corrected chi connectivity index (χ3v) is 24.6. The number of amides is 1. The van der Waals surface area contributed by atoms with Crippen molar-refractivity contribution >= 4 is 267 Å². The summed E-state index contributed by atoms with van der Waals surface area (Å²) in [5.74, 6) is -0.141. The summed E-state index contributed by atoms with van der Waals surface area (Å²) >= 11 is 23.5. The van der Waals surface area contributed by atoms with Gasteiger partial charge in [0.25, 0.3) is 5.91 Å². The van der Waals surface area contributed by atoms with Crippen LogP contribution in [0.4, 0.5) is 11.4 Å². The minimum atomic E-state index is -0.522. The highest BCUT2D eigenvalue weighted by atomic mass is 79.9. The van der Waals surface area contributed by atoms with E-state index < -0.39 is 18.3 Å². The highest BCUT2D eigenvalue weighted by Gasteiger charge is 2.52. The van der Waals surface area contributed by atoms with E-state index >= 15 is 0 Å². The Morgan fingerprint density at radius 3 is 1.24 bits per heavy atom. The van der Waals surface area contributed by atoms with Gasteiger partial charge in [0.15, 0.2) is 0 Å². The zero-order valence-corrected chi connectivity index (χ0v) is 69.7. The minimum Gasteiger partial charge on any atom is -0.399 e. The lowest BCUT2D eigenvalue weighted by molar-refractivity contribution is 0.00578. The molecular formula is C81H54BBr5N14O3S5. The van der Waals surface area contributed by atoms with Gasteiger partial charge in [0.1, 0.15) is 55.2 Å². The third kappa shape index (κ3) is 14.7. The van der Waals surface area contributed by atoms with Crippen LogP contribution in [0.2, 0.25) is 0 Å². The number of fused-ring (bicyclic) bond motifs is 13. The lowest BCUT2D eigenvalue weighted by Crippen LogP contribution is -2.41. The average Bonchev–Trinajstić information content (AvgIpc) is 1.72. The molecule has 109 heavy (non-hydrogen) atoms. The van der Waals surface area contributed by atoms with Crippen LogP contribution in [0, 0.1) is 0 Å². The number of hydrogen-bond acceptors (Lipinski definition) is 21. The van der Waals surface area contributed by atoms with Gasteiger partial charge in [-0.3, -0.25) is 4.79 Å². The molecule has 1 aliphatic rings. The Hall–Kier alpha value is -9.27. The van der Waals surface area contributed by atoms with E-state index in [1.807, 2.05) is 164 Å². The minimum absolute atomic E-state index is 0.141. The van der Waals surface area contributed by atoms with Crippen LogP contribution in [0.25, 0.3) is 143 Å². The molecule has 1 fully saturated rings. The van der Waals surface area contributed by atoms with Crippen molar-refractivity contribution in [1.82, 2.24) is 53.7 Å². The number of nitrogen functional groups attached to an aromatic ring is 1. The second-order valence-corrected chi connectivity index (χ2v) is 32.8. The van der Waals surface area contributed by atoms with Crippen LogP contribution in [0.1, 0.15) is 38.1 Å². The number of hydrogen-bond donors (Lipinski definition) is 2. The van der Waals surface area contributed by atoms with E-state index in [9.17, 15) is 4.79 Å². The number of anilines is 2. The first kappa shape index (κ1) is 73.9. The van der Waals surface area contributed by atoms with Gasteiger partial charge in [-0.1, -0.05) is 170 Å². The Labute approximate surface area is 686 Å². The number of nitrogens with zero attached hydrogens (tertiary/aromatic N) is 12. The van der Waals surface area contributed by atoms with Gasteiger partial charge in [-0.15, -0.1) is 0 Å². The lowest BCUT2D eigenvalue weighted by atomic mass is 9.76. The van der Waals surface area contributed by atoms with E-state index in [0.29, 0.717) is 5.56 Å². The van der Waals surface area contributed by atoms with E-state index in [-0.39, 0.29) is 5.91 Å². The summed E-state index contributed by atoms with van der Waals surface area (Å²) in [6.07, 6.45) is 0. The zero-order chi connectivity index (χ0) is 75.1. The Kier molecular flexibility index (Phi) is 21.4. The number of nitrogens with one attached hydrogen (secondary N) is 1. The molecular weight excluding hydrogens is 1790 g/mol. The third-order valence-electron chi connectivity index (χ3n) is 18.8. The molecule has 0 atom stereocenters. The maximum absolute atomic E-state index is 12.5. The summed E-state index contributed by atoms with van der Waals surface area (Å²) in [5, 5.41) is 9.48. The Morgan fingerprint density at radius 2 is 0.734 bits per heavy atom. The second kappa shape index (κ2) is 31.6. The summed E-state index contributed by atoms with van der Waals surface area (Å²) < 4.78 is 61.7. The highest BCUT2D eigenvalue weighted by molar-refractivity contribution is 9.11. The van der Waals surface area contributed by atoms with Crippen molar-refractivity contribution in [3.8, 4) is 44.8 Å². The maximum atomic E-state index is 12.5. The van der Waals surface area contributed by atoms with Gasteiger partial charge in [0.2, 0.25) is 0 Å². The van der Waals surface area contributed by atoms with Crippen molar-refractivity contribution in [3.05, 3.63) is 265 Å². The van der Waals surface area contributed by atoms with Crippen LogP contribution in [0.15, 0.2) is 259 Å². The van der Waals surface area contributed by atoms with Gasteiger partial charge in [0.05, 0.1) is 92.3 Å². The smallest absolute Gasteiger partial charge is 0.399 e. The number of benzene rings is 12. The maximum Gasteiger partial charge on any atom is 0.497 e. The zero-order valence-electron chi connectivity index (χ0n) is 57.7. The number of nitrogens with two attached hydrogens (primary N) is 1. The van der Waals surface area contributed by atoms with Gasteiger partial charge in [-0.2, -0.15) is 43.7 Å². The molecule has 0 radical (unpaired) electrons. The Morgan fingerprint density at radius 1 is 0.367 bits per heavy atom. The number of rotatable bonds is 7. The van der Waals surface area contributed by atoms with E-state index in [0.717, 1.165) is 182 Å². The van der Waals surface area contributed by atoms with Crippen LogP contribution in [0.3, 0.4) is 0 Å². The topological polar surface area (TPSA) is 228 Å². The second-order valence-electron chi connectivity index (χ2n) is 25.9. The molecule has 0 aliphatic carbocycles. The first-order chi connectivity index (χ1) is 53.0. The van der Waals surface area contributed by atoms with Crippen LogP contribution < -0.4 is 16.5 Å². The quantitative estimate of drug-likeness (QED) is 0.0859. The lowest BCUT2D eigenvalue weighted by Gasteiger charge is -2.32. The van der Waals surface area contributed by atoms with E-state index in [2.05, 4.69) is 213 Å². The fourth-order valence-electron chi connectivity index (χ4n) is 12.8. The monoisotopic (exact) mass is 1840 g/mol. The molecule has 17 nitrogen and oxygen atoms in total. The van der Waals surface area contributed by atoms with Gasteiger partial charge >= 0.3 is 7.12 Å². The highest BCUT2D eigenvalue weighted by Crippen LogP contribution is 2.44. The number of carbonyl (C=O) groups excluding carboxylic acids is 1. The number of para-hydroxylation sites is 4.